The summed E-state index contributed by atoms with van der Waals surface area (Å²) in [5, 5.41) is 4.39. The summed E-state index contributed by atoms with van der Waals surface area (Å²) >= 11 is 0. The van der Waals surface area contributed by atoms with Crippen LogP contribution in [0.3, 0.4) is 0 Å². The Morgan fingerprint density at radius 1 is 0.905 bits per heavy atom. The minimum absolute atomic E-state index is 0.0255. The molecule has 10 nitrogen and oxygen atoms in total. The molecule has 2 aromatic heterocycles. The lowest BCUT2D eigenvalue weighted by molar-refractivity contribution is -0.173. The number of benzene rings is 2. The van der Waals surface area contributed by atoms with Crippen LogP contribution < -0.4 is 16.2 Å². The molecule has 4 aromatic rings. The lowest BCUT2D eigenvalue weighted by atomic mass is 10.0. The first-order chi connectivity index (χ1) is 20.1. The standard InChI is InChI=1S/C29H24F3N5O5/c30-29(31,32)25(39)22(15-19-7-3-1-4-8-19)35-24(38)17-37-26(21-11-13-33-14-12-21)34-16-23(27(37)40)36-28(41)42-18-20-9-5-2-6-10-20/h1-14,16,22H,15,17-18H2,(H,35,38)(H,36,41). The number of carbonyl (C=O) groups excluding carboxylic acids is 3. The van der Waals surface area contributed by atoms with Crippen molar-refractivity contribution in [2.75, 3.05) is 5.32 Å². The first-order valence-electron chi connectivity index (χ1n) is 12.5. The second kappa shape index (κ2) is 13.4. The van der Waals surface area contributed by atoms with E-state index < -0.39 is 48.5 Å². The average Bonchev–Trinajstić information content (AvgIpc) is 2.98. The third-order valence-electron chi connectivity index (χ3n) is 5.95. The van der Waals surface area contributed by atoms with Gasteiger partial charge in [-0.05, 0) is 23.3 Å². The molecule has 0 aliphatic rings. The molecule has 4 rings (SSSR count). The lowest BCUT2D eigenvalue weighted by Gasteiger charge is -2.20. The molecule has 2 aromatic carbocycles. The van der Waals surface area contributed by atoms with Crippen molar-refractivity contribution in [2.45, 2.75) is 31.8 Å². The molecule has 1 unspecified atom stereocenters. The molecule has 0 aliphatic carbocycles. The number of hydrogen-bond donors (Lipinski definition) is 2. The van der Waals surface area contributed by atoms with Crippen LogP contribution in [-0.4, -0.2) is 44.5 Å². The van der Waals surface area contributed by atoms with E-state index in [2.05, 4.69) is 20.6 Å². The third-order valence-corrected chi connectivity index (χ3v) is 5.95. The number of alkyl halides is 3. The van der Waals surface area contributed by atoms with Crippen molar-refractivity contribution in [3.05, 3.63) is 113 Å². The smallest absolute Gasteiger partial charge is 0.444 e. The Morgan fingerprint density at radius 3 is 2.14 bits per heavy atom. The van der Waals surface area contributed by atoms with Gasteiger partial charge in [-0.25, -0.2) is 9.78 Å². The van der Waals surface area contributed by atoms with Crippen LogP contribution in [0.5, 0.6) is 0 Å². The summed E-state index contributed by atoms with van der Waals surface area (Å²) in [7, 11) is 0. The highest BCUT2D eigenvalue weighted by molar-refractivity contribution is 5.93. The first-order valence-corrected chi connectivity index (χ1v) is 12.5. The van der Waals surface area contributed by atoms with Gasteiger partial charge in [0.1, 0.15) is 30.7 Å². The summed E-state index contributed by atoms with van der Waals surface area (Å²) in [6.45, 7) is -0.893. The zero-order valence-electron chi connectivity index (χ0n) is 21.9. The molecule has 216 valence electrons. The second-order valence-corrected chi connectivity index (χ2v) is 8.98. The van der Waals surface area contributed by atoms with Crippen molar-refractivity contribution in [3.8, 4) is 11.4 Å². The molecule has 42 heavy (non-hydrogen) atoms. The van der Waals surface area contributed by atoms with Gasteiger partial charge in [0.15, 0.2) is 0 Å². The lowest BCUT2D eigenvalue weighted by Crippen LogP contribution is -2.49. The van der Waals surface area contributed by atoms with E-state index in [1.807, 2.05) is 0 Å². The molecular formula is C29H24F3N5O5. The molecule has 0 radical (unpaired) electrons. The number of anilines is 1. The fraction of sp³-hybridized carbons (Fsp3) is 0.172. The van der Waals surface area contributed by atoms with Crippen molar-refractivity contribution in [2.24, 2.45) is 0 Å². The molecule has 0 saturated carbocycles. The van der Waals surface area contributed by atoms with Gasteiger partial charge in [-0.2, -0.15) is 13.2 Å². The minimum atomic E-state index is -5.21. The number of nitrogens with one attached hydrogen (secondary N) is 2. The van der Waals surface area contributed by atoms with Crippen LogP contribution in [0.25, 0.3) is 11.4 Å². The van der Waals surface area contributed by atoms with Crippen molar-refractivity contribution in [1.29, 1.82) is 0 Å². The van der Waals surface area contributed by atoms with Crippen LogP contribution in [0.4, 0.5) is 23.7 Å². The van der Waals surface area contributed by atoms with Gasteiger partial charge in [0.05, 0.1) is 6.20 Å². The predicted molar refractivity (Wildman–Crippen MR) is 145 cm³/mol. The molecule has 13 heteroatoms. The highest BCUT2D eigenvalue weighted by Crippen LogP contribution is 2.20. The van der Waals surface area contributed by atoms with Crippen LogP contribution in [0.1, 0.15) is 11.1 Å². The van der Waals surface area contributed by atoms with Gasteiger partial charge < -0.3 is 10.1 Å². The molecular weight excluding hydrogens is 555 g/mol. The molecule has 2 amide bonds. The van der Waals surface area contributed by atoms with Gasteiger partial charge in [-0.15, -0.1) is 0 Å². The van der Waals surface area contributed by atoms with E-state index in [-0.39, 0.29) is 18.1 Å². The maximum Gasteiger partial charge on any atom is 0.452 e. The first kappa shape index (κ1) is 29.6. The average molecular weight is 580 g/mol. The number of rotatable bonds is 10. The Balaban J connectivity index is 1.59. The number of Topliss-reactive ketones (excluding diaryl/α,β-unsaturated/α-hetero) is 1. The number of ether oxygens (including phenoxy) is 1. The van der Waals surface area contributed by atoms with Gasteiger partial charge in [-0.3, -0.25) is 29.3 Å². The van der Waals surface area contributed by atoms with Gasteiger partial charge in [0.25, 0.3) is 11.3 Å². The van der Waals surface area contributed by atoms with Gasteiger partial charge in [0, 0.05) is 24.4 Å². The Labute approximate surface area is 237 Å². The normalized spacial score (nSPS) is 11.8. The van der Waals surface area contributed by atoms with Crippen LogP contribution in [0, 0.1) is 0 Å². The fourth-order valence-electron chi connectivity index (χ4n) is 3.97. The molecule has 0 fully saturated rings. The molecule has 1 atom stereocenters. The number of aromatic nitrogens is 3. The number of carbonyl (C=O) groups is 3. The predicted octanol–water partition coefficient (Wildman–Crippen LogP) is 3.91. The Hall–Kier alpha value is -5.33. The summed E-state index contributed by atoms with van der Waals surface area (Å²) in [4.78, 5) is 59.0. The van der Waals surface area contributed by atoms with Crippen molar-refractivity contribution < 1.29 is 32.3 Å². The van der Waals surface area contributed by atoms with Gasteiger partial charge in [0.2, 0.25) is 5.91 Å². The van der Waals surface area contributed by atoms with E-state index in [1.165, 1.54) is 36.7 Å². The topological polar surface area (TPSA) is 132 Å². The van der Waals surface area contributed by atoms with Crippen molar-refractivity contribution in [1.82, 2.24) is 19.9 Å². The molecule has 0 saturated heterocycles. The number of nitrogens with zero attached hydrogens (tertiary/aromatic N) is 3. The Kier molecular flexibility index (Phi) is 9.42. The number of ketones is 1. The molecule has 2 heterocycles. The van der Waals surface area contributed by atoms with Gasteiger partial charge in [-0.1, -0.05) is 60.7 Å². The van der Waals surface area contributed by atoms with E-state index >= 15 is 0 Å². The van der Waals surface area contributed by atoms with Crippen LogP contribution in [0.2, 0.25) is 0 Å². The molecule has 0 aliphatic heterocycles. The largest absolute Gasteiger partial charge is 0.452 e. The van der Waals surface area contributed by atoms with E-state index in [0.29, 0.717) is 16.7 Å². The summed E-state index contributed by atoms with van der Waals surface area (Å²) in [5.41, 5.74) is 0.222. The maximum atomic E-state index is 13.4. The number of halogens is 3. The van der Waals surface area contributed by atoms with E-state index in [9.17, 15) is 32.3 Å². The van der Waals surface area contributed by atoms with E-state index in [1.54, 1.807) is 48.5 Å². The highest BCUT2D eigenvalue weighted by Gasteiger charge is 2.44. The summed E-state index contributed by atoms with van der Waals surface area (Å²) < 4.78 is 46.1. The Bertz CT molecular complexity index is 1600. The second-order valence-electron chi connectivity index (χ2n) is 8.98. The third kappa shape index (κ3) is 7.87. The maximum absolute atomic E-state index is 13.4. The summed E-state index contributed by atoms with van der Waals surface area (Å²) in [6.07, 6.45) is -2.71. The van der Waals surface area contributed by atoms with Crippen LogP contribution in [0.15, 0.2) is 96.2 Å². The fourth-order valence-corrected chi connectivity index (χ4v) is 3.97. The quantitative estimate of drug-likeness (QED) is 0.291. The minimum Gasteiger partial charge on any atom is -0.444 e. The monoisotopic (exact) mass is 579 g/mol. The molecule has 0 spiro atoms. The van der Waals surface area contributed by atoms with Gasteiger partial charge >= 0.3 is 12.3 Å². The van der Waals surface area contributed by atoms with Crippen molar-refractivity contribution in [3.63, 3.8) is 0 Å². The van der Waals surface area contributed by atoms with E-state index in [4.69, 9.17) is 4.74 Å². The Morgan fingerprint density at radius 2 is 1.52 bits per heavy atom. The molecule has 0 bridgehead atoms. The summed E-state index contributed by atoms with van der Waals surface area (Å²) in [5.74, 6) is -3.23. The number of pyridine rings is 1. The van der Waals surface area contributed by atoms with Crippen molar-refractivity contribution >= 4 is 23.5 Å². The zero-order valence-corrected chi connectivity index (χ0v) is 21.9. The molecule has 2 N–H and O–H groups in total. The van der Waals surface area contributed by atoms with E-state index in [0.717, 1.165) is 10.8 Å². The zero-order chi connectivity index (χ0) is 30.1. The number of hydrogen-bond acceptors (Lipinski definition) is 7. The van der Waals surface area contributed by atoms with Crippen LogP contribution in [-0.2, 0) is 33.9 Å². The highest BCUT2D eigenvalue weighted by atomic mass is 19.4. The number of amides is 2. The van der Waals surface area contributed by atoms with Crippen LogP contribution >= 0.6 is 0 Å². The summed E-state index contributed by atoms with van der Waals surface area (Å²) in [6, 6.07) is 17.7. The SMILES string of the molecule is O=C(Cn1c(-c2ccncc2)ncc(NC(=O)OCc2ccccc2)c1=O)NC(Cc1ccccc1)C(=O)C(F)(F)F.